The lowest BCUT2D eigenvalue weighted by Crippen LogP contribution is -2.30. The first kappa shape index (κ1) is 16.0. The number of hydrogen-bond acceptors (Lipinski definition) is 3. The van der Waals surface area contributed by atoms with E-state index in [4.69, 9.17) is 11.6 Å². The summed E-state index contributed by atoms with van der Waals surface area (Å²) < 4.78 is 0. The molecule has 0 saturated carbocycles. The van der Waals surface area contributed by atoms with Gasteiger partial charge in [-0.15, -0.1) is 0 Å². The maximum absolute atomic E-state index is 10.1. The van der Waals surface area contributed by atoms with Crippen molar-refractivity contribution in [1.82, 2.24) is 10.3 Å². The van der Waals surface area contributed by atoms with Crippen LogP contribution in [0.2, 0.25) is 5.15 Å². The van der Waals surface area contributed by atoms with Crippen molar-refractivity contribution in [3.63, 3.8) is 0 Å². The Morgan fingerprint density at radius 1 is 1.19 bits per heavy atom. The molecule has 0 amide bonds. The molecule has 2 unspecified atom stereocenters. The van der Waals surface area contributed by atoms with Crippen molar-refractivity contribution < 1.29 is 5.11 Å². The van der Waals surface area contributed by atoms with Crippen LogP contribution in [0.4, 0.5) is 0 Å². The Balaban J connectivity index is 1.72. The van der Waals surface area contributed by atoms with Crippen LogP contribution in [0, 0.1) is 0 Å². The molecule has 21 heavy (non-hydrogen) atoms. The van der Waals surface area contributed by atoms with E-state index in [0.29, 0.717) is 17.7 Å². The maximum Gasteiger partial charge on any atom is 0.129 e. The van der Waals surface area contributed by atoms with E-state index in [1.54, 1.807) is 0 Å². The number of halogens is 1. The molecule has 0 saturated heterocycles. The van der Waals surface area contributed by atoms with Gasteiger partial charge in [0, 0.05) is 18.8 Å². The molecule has 4 heteroatoms. The summed E-state index contributed by atoms with van der Waals surface area (Å²) in [6, 6.07) is 13.9. The lowest BCUT2D eigenvalue weighted by Gasteiger charge is -2.17. The highest BCUT2D eigenvalue weighted by Gasteiger charge is 2.09. The zero-order valence-corrected chi connectivity index (χ0v) is 12.9. The third kappa shape index (κ3) is 5.46. The molecule has 2 rings (SSSR count). The number of aliphatic hydroxyl groups is 1. The first-order chi connectivity index (χ1) is 10.1. The molecular weight excluding hydrogens is 284 g/mol. The number of aryl methyl sites for hydroxylation is 1. The highest BCUT2D eigenvalue weighted by molar-refractivity contribution is 6.29. The number of benzene rings is 1. The first-order valence-corrected chi connectivity index (χ1v) is 7.60. The monoisotopic (exact) mass is 304 g/mol. The zero-order chi connectivity index (χ0) is 15.1. The quantitative estimate of drug-likeness (QED) is 0.771. The van der Waals surface area contributed by atoms with Crippen molar-refractivity contribution in [2.24, 2.45) is 0 Å². The number of aliphatic hydroxyl groups excluding tert-OH is 1. The Kier molecular flexibility index (Phi) is 6.18. The summed E-state index contributed by atoms with van der Waals surface area (Å²) in [5.74, 6) is 0. The van der Waals surface area contributed by atoms with Crippen LogP contribution in [0.3, 0.4) is 0 Å². The van der Waals surface area contributed by atoms with E-state index in [2.05, 4.69) is 17.2 Å². The molecule has 2 atom stereocenters. The number of hydrogen-bond donors (Lipinski definition) is 2. The van der Waals surface area contributed by atoms with Gasteiger partial charge in [0.1, 0.15) is 5.15 Å². The summed E-state index contributed by atoms with van der Waals surface area (Å²) in [6.45, 7) is 2.69. The Labute approximate surface area is 131 Å². The number of rotatable bonds is 7. The Hall–Kier alpha value is -1.42. The maximum atomic E-state index is 10.1. The van der Waals surface area contributed by atoms with E-state index >= 15 is 0 Å². The van der Waals surface area contributed by atoms with Gasteiger partial charge in [-0.1, -0.05) is 48.0 Å². The summed E-state index contributed by atoms with van der Waals surface area (Å²) >= 11 is 5.77. The SMILES string of the molecule is CC(CCc1ccc(Cl)nc1)NCC(O)c1ccccc1. The van der Waals surface area contributed by atoms with Crippen molar-refractivity contribution >= 4 is 11.6 Å². The van der Waals surface area contributed by atoms with Gasteiger partial charge in [0.15, 0.2) is 0 Å². The normalized spacial score (nSPS) is 13.9. The average molecular weight is 305 g/mol. The van der Waals surface area contributed by atoms with Gasteiger partial charge >= 0.3 is 0 Å². The summed E-state index contributed by atoms with van der Waals surface area (Å²) in [7, 11) is 0. The van der Waals surface area contributed by atoms with Crippen LogP contribution in [0.15, 0.2) is 48.7 Å². The third-order valence-electron chi connectivity index (χ3n) is 3.50. The first-order valence-electron chi connectivity index (χ1n) is 7.22. The molecule has 0 aliphatic carbocycles. The minimum absolute atomic E-state index is 0.332. The fourth-order valence-corrected chi connectivity index (χ4v) is 2.26. The van der Waals surface area contributed by atoms with Gasteiger partial charge in [-0.05, 0) is 37.0 Å². The highest BCUT2D eigenvalue weighted by Crippen LogP contribution is 2.12. The van der Waals surface area contributed by atoms with E-state index in [9.17, 15) is 5.11 Å². The van der Waals surface area contributed by atoms with Crippen molar-refractivity contribution in [3.05, 3.63) is 64.9 Å². The molecule has 112 valence electrons. The lowest BCUT2D eigenvalue weighted by molar-refractivity contribution is 0.170. The second-order valence-corrected chi connectivity index (χ2v) is 5.65. The van der Waals surface area contributed by atoms with Gasteiger partial charge in [-0.2, -0.15) is 0 Å². The topological polar surface area (TPSA) is 45.2 Å². The largest absolute Gasteiger partial charge is 0.387 e. The van der Waals surface area contributed by atoms with Crippen molar-refractivity contribution in [1.29, 1.82) is 0 Å². The number of nitrogens with one attached hydrogen (secondary N) is 1. The van der Waals surface area contributed by atoms with Gasteiger partial charge < -0.3 is 10.4 Å². The molecule has 0 aliphatic rings. The molecule has 1 heterocycles. The standard InChI is InChI=1S/C17H21ClN2O/c1-13(7-8-14-9-10-17(18)20-11-14)19-12-16(21)15-5-3-2-4-6-15/h2-6,9-11,13,16,19,21H,7-8,12H2,1H3. The smallest absolute Gasteiger partial charge is 0.129 e. The third-order valence-corrected chi connectivity index (χ3v) is 3.72. The molecule has 0 spiro atoms. The van der Waals surface area contributed by atoms with Crippen molar-refractivity contribution in [2.75, 3.05) is 6.54 Å². The van der Waals surface area contributed by atoms with Gasteiger partial charge in [0.2, 0.25) is 0 Å². The summed E-state index contributed by atoms with van der Waals surface area (Å²) in [6.07, 6.45) is 3.28. The predicted octanol–water partition coefficient (Wildman–Crippen LogP) is 3.38. The number of nitrogens with zero attached hydrogens (tertiary/aromatic N) is 1. The molecule has 2 N–H and O–H groups in total. The van der Waals surface area contributed by atoms with Crippen LogP contribution in [0.25, 0.3) is 0 Å². The minimum Gasteiger partial charge on any atom is -0.387 e. The van der Waals surface area contributed by atoms with Gasteiger partial charge in [0.25, 0.3) is 0 Å². The van der Waals surface area contributed by atoms with Gasteiger partial charge in [-0.3, -0.25) is 0 Å². The Bertz CT molecular complexity index is 530. The molecule has 1 aromatic heterocycles. The van der Waals surface area contributed by atoms with Crippen LogP contribution < -0.4 is 5.32 Å². The highest BCUT2D eigenvalue weighted by atomic mass is 35.5. The molecule has 0 fully saturated rings. The summed E-state index contributed by atoms with van der Waals surface area (Å²) in [4.78, 5) is 4.08. The van der Waals surface area contributed by atoms with E-state index in [-0.39, 0.29) is 0 Å². The molecule has 0 radical (unpaired) electrons. The number of pyridine rings is 1. The fourth-order valence-electron chi connectivity index (χ4n) is 2.15. The lowest BCUT2D eigenvalue weighted by atomic mass is 10.1. The van der Waals surface area contributed by atoms with E-state index in [0.717, 1.165) is 18.4 Å². The molecule has 2 aromatic rings. The molecule has 0 aliphatic heterocycles. The summed E-state index contributed by atoms with van der Waals surface area (Å²) in [5, 5.41) is 14.0. The second-order valence-electron chi connectivity index (χ2n) is 5.26. The minimum atomic E-state index is -0.467. The molecular formula is C17H21ClN2O. The van der Waals surface area contributed by atoms with Crippen molar-refractivity contribution in [3.8, 4) is 0 Å². The van der Waals surface area contributed by atoms with Crippen LogP contribution in [-0.2, 0) is 6.42 Å². The van der Waals surface area contributed by atoms with Crippen LogP contribution in [0.1, 0.15) is 30.6 Å². The molecule has 0 bridgehead atoms. The fraction of sp³-hybridized carbons (Fsp3) is 0.353. The van der Waals surface area contributed by atoms with Gasteiger partial charge in [-0.25, -0.2) is 4.98 Å². The Morgan fingerprint density at radius 2 is 1.95 bits per heavy atom. The molecule has 3 nitrogen and oxygen atoms in total. The van der Waals surface area contributed by atoms with Crippen LogP contribution >= 0.6 is 11.6 Å². The zero-order valence-electron chi connectivity index (χ0n) is 12.2. The molecule has 1 aromatic carbocycles. The van der Waals surface area contributed by atoms with E-state index in [1.165, 1.54) is 5.56 Å². The van der Waals surface area contributed by atoms with Crippen LogP contribution in [-0.4, -0.2) is 22.7 Å². The van der Waals surface area contributed by atoms with E-state index in [1.807, 2.05) is 48.7 Å². The summed E-state index contributed by atoms with van der Waals surface area (Å²) in [5.41, 5.74) is 2.12. The van der Waals surface area contributed by atoms with Crippen molar-refractivity contribution in [2.45, 2.75) is 31.9 Å². The van der Waals surface area contributed by atoms with Crippen LogP contribution in [0.5, 0.6) is 0 Å². The second kappa shape index (κ2) is 8.13. The average Bonchev–Trinajstić information content (AvgIpc) is 2.53. The van der Waals surface area contributed by atoms with Gasteiger partial charge in [0.05, 0.1) is 6.10 Å². The Morgan fingerprint density at radius 3 is 2.62 bits per heavy atom. The predicted molar refractivity (Wildman–Crippen MR) is 86.4 cm³/mol. The van der Waals surface area contributed by atoms with E-state index < -0.39 is 6.10 Å². The number of aromatic nitrogens is 1.